The predicted octanol–water partition coefficient (Wildman–Crippen LogP) is 4.66. The van der Waals surface area contributed by atoms with Gasteiger partial charge in [0, 0.05) is 35.6 Å². The quantitative estimate of drug-likeness (QED) is 0.360. The Labute approximate surface area is 201 Å². The van der Waals surface area contributed by atoms with Gasteiger partial charge in [-0.25, -0.2) is 15.3 Å². The largest absolute Gasteiger partial charge is 0.497 e. The van der Waals surface area contributed by atoms with Gasteiger partial charge in [-0.1, -0.05) is 12.1 Å². The molecule has 2 amide bonds. The molecule has 1 aromatic heterocycles. The molecule has 8 nitrogen and oxygen atoms in total. The minimum atomic E-state index is -0.394. The molecule has 2 heterocycles. The zero-order valence-corrected chi connectivity index (χ0v) is 19.5. The number of methoxy groups -OCH3 is 1. The Morgan fingerprint density at radius 1 is 1.12 bits per heavy atom. The third-order valence-corrected chi connectivity index (χ3v) is 5.90. The Hall–Kier alpha value is -3.53. The van der Waals surface area contributed by atoms with Gasteiger partial charge in [-0.3, -0.25) is 14.9 Å². The van der Waals surface area contributed by atoms with Crippen molar-refractivity contribution in [3.05, 3.63) is 71.1 Å². The summed E-state index contributed by atoms with van der Waals surface area (Å²) in [4.78, 5) is 34.2. The van der Waals surface area contributed by atoms with E-state index >= 15 is 0 Å². The number of amides is 2. The summed E-state index contributed by atoms with van der Waals surface area (Å²) in [7, 11) is 1.62. The van der Waals surface area contributed by atoms with E-state index in [9.17, 15) is 9.59 Å². The van der Waals surface area contributed by atoms with E-state index < -0.39 is 6.29 Å². The number of nitrogens with one attached hydrogen (secondary N) is 2. The van der Waals surface area contributed by atoms with Crippen molar-refractivity contribution in [1.29, 1.82) is 0 Å². The molecule has 1 aliphatic heterocycles. The van der Waals surface area contributed by atoms with Gasteiger partial charge >= 0.3 is 0 Å². The number of aromatic nitrogens is 1. The smallest absolute Gasteiger partial charge is 0.267 e. The van der Waals surface area contributed by atoms with Crippen LogP contribution in [0.4, 0.5) is 5.13 Å². The summed E-state index contributed by atoms with van der Waals surface area (Å²) in [5, 5.41) is 5.22. The van der Waals surface area contributed by atoms with Crippen LogP contribution in [-0.4, -0.2) is 36.8 Å². The maximum absolute atomic E-state index is 12.6. The number of rotatable bonds is 8. The number of thiazole rings is 1. The number of hydrogen-bond donors (Lipinski definition) is 2. The lowest BCUT2D eigenvalue weighted by atomic mass is 10.1. The van der Waals surface area contributed by atoms with Crippen molar-refractivity contribution in [3.8, 4) is 17.0 Å². The molecule has 4 rings (SSSR count). The Morgan fingerprint density at radius 2 is 1.91 bits per heavy atom. The molecule has 34 heavy (non-hydrogen) atoms. The van der Waals surface area contributed by atoms with Crippen molar-refractivity contribution < 1.29 is 23.9 Å². The number of ether oxygens (including phenoxy) is 2. The predicted molar refractivity (Wildman–Crippen MR) is 130 cm³/mol. The number of hydrogen-bond acceptors (Lipinski definition) is 7. The Kier molecular flexibility index (Phi) is 8.03. The van der Waals surface area contributed by atoms with E-state index in [1.807, 2.05) is 29.6 Å². The zero-order valence-electron chi connectivity index (χ0n) is 18.7. The van der Waals surface area contributed by atoms with Gasteiger partial charge in [-0.15, -0.1) is 11.3 Å². The molecule has 1 atom stereocenters. The van der Waals surface area contributed by atoms with E-state index in [1.54, 1.807) is 37.5 Å². The highest BCUT2D eigenvalue weighted by molar-refractivity contribution is 7.14. The SMILES string of the molecule is COc1ccc(-c2csc(NC(=O)c3ccc(/C=C/C(=O)NOC4CCCCO4)cc3)n2)cc1. The van der Waals surface area contributed by atoms with E-state index in [2.05, 4.69) is 15.8 Å². The number of anilines is 1. The second-order valence-corrected chi connectivity index (χ2v) is 8.41. The molecule has 1 unspecified atom stereocenters. The minimum absolute atomic E-state index is 0.259. The standard InChI is InChI=1S/C25H25N3O5S/c1-31-20-12-10-18(11-13-20)21-16-34-25(26-21)27-24(30)19-8-5-17(6-9-19)7-14-22(29)28-33-23-4-2-3-15-32-23/h5-14,16,23H,2-4,15H2,1H3,(H,28,29)(H,26,27,30)/b14-7+. The van der Waals surface area contributed by atoms with Gasteiger partial charge < -0.3 is 9.47 Å². The maximum atomic E-state index is 12.6. The number of benzene rings is 2. The molecule has 0 aliphatic carbocycles. The molecule has 0 saturated carbocycles. The van der Waals surface area contributed by atoms with Crippen molar-refractivity contribution >= 4 is 34.4 Å². The number of carbonyl (C=O) groups excluding carboxylic acids is 2. The number of nitrogens with zero attached hydrogens (tertiary/aromatic N) is 1. The van der Waals surface area contributed by atoms with Crippen LogP contribution in [0.25, 0.3) is 17.3 Å². The van der Waals surface area contributed by atoms with E-state index in [-0.39, 0.29) is 11.8 Å². The molecule has 0 radical (unpaired) electrons. The van der Waals surface area contributed by atoms with Crippen LogP contribution in [0, 0.1) is 0 Å². The van der Waals surface area contributed by atoms with Crippen LogP contribution in [-0.2, 0) is 14.4 Å². The van der Waals surface area contributed by atoms with Gasteiger partial charge in [0.2, 0.25) is 0 Å². The lowest BCUT2D eigenvalue weighted by molar-refractivity contribution is -0.198. The van der Waals surface area contributed by atoms with Gasteiger partial charge in [0.25, 0.3) is 11.8 Å². The summed E-state index contributed by atoms with van der Waals surface area (Å²) in [5.41, 5.74) is 5.35. The highest BCUT2D eigenvalue weighted by atomic mass is 32.1. The van der Waals surface area contributed by atoms with E-state index in [4.69, 9.17) is 14.3 Å². The van der Waals surface area contributed by atoms with Crippen LogP contribution in [0.15, 0.2) is 60.0 Å². The minimum Gasteiger partial charge on any atom is -0.497 e. The van der Waals surface area contributed by atoms with Crippen molar-refractivity contribution in [2.24, 2.45) is 0 Å². The van der Waals surface area contributed by atoms with Crippen molar-refractivity contribution in [2.75, 3.05) is 19.0 Å². The summed E-state index contributed by atoms with van der Waals surface area (Å²) in [6, 6.07) is 14.5. The maximum Gasteiger partial charge on any atom is 0.267 e. The molecule has 1 aliphatic rings. The molecule has 9 heteroatoms. The van der Waals surface area contributed by atoms with Gasteiger partial charge in [0.1, 0.15) is 5.75 Å². The monoisotopic (exact) mass is 479 g/mol. The van der Waals surface area contributed by atoms with Crippen LogP contribution in [0.2, 0.25) is 0 Å². The molecular formula is C25H25N3O5S. The topological polar surface area (TPSA) is 98.8 Å². The van der Waals surface area contributed by atoms with Crippen molar-refractivity contribution in [2.45, 2.75) is 25.6 Å². The van der Waals surface area contributed by atoms with Gasteiger partial charge in [-0.2, -0.15) is 0 Å². The van der Waals surface area contributed by atoms with Crippen LogP contribution >= 0.6 is 11.3 Å². The highest BCUT2D eigenvalue weighted by Gasteiger charge is 2.15. The third kappa shape index (κ3) is 6.50. The second-order valence-electron chi connectivity index (χ2n) is 7.56. The van der Waals surface area contributed by atoms with Crippen molar-refractivity contribution in [1.82, 2.24) is 10.5 Å². The molecule has 0 bridgehead atoms. The lowest BCUT2D eigenvalue weighted by Crippen LogP contribution is -2.32. The molecule has 1 fully saturated rings. The fourth-order valence-electron chi connectivity index (χ4n) is 3.27. The molecule has 176 valence electrons. The van der Waals surface area contributed by atoms with E-state index in [0.717, 1.165) is 41.8 Å². The lowest BCUT2D eigenvalue weighted by Gasteiger charge is -2.21. The zero-order chi connectivity index (χ0) is 23.8. The Balaban J connectivity index is 1.28. The summed E-state index contributed by atoms with van der Waals surface area (Å²) < 4.78 is 10.6. The summed E-state index contributed by atoms with van der Waals surface area (Å²) in [5.74, 6) is 0.131. The van der Waals surface area contributed by atoms with Gasteiger partial charge in [-0.05, 0) is 60.9 Å². The summed E-state index contributed by atoms with van der Waals surface area (Å²) in [6.45, 7) is 0.642. The average Bonchev–Trinajstić information content (AvgIpc) is 3.35. The Bertz CT molecular complexity index is 1140. The van der Waals surface area contributed by atoms with Crippen LogP contribution in [0.3, 0.4) is 0 Å². The molecular weight excluding hydrogens is 454 g/mol. The fourth-order valence-corrected chi connectivity index (χ4v) is 3.99. The average molecular weight is 480 g/mol. The number of hydroxylamine groups is 1. The molecule has 0 spiro atoms. The molecule has 2 N–H and O–H groups in total. The number of carbonyl (C=O) groups is 2. The van der Waals surface area contributed by atoms with E-state index in [1.165, 1.54) is 17.4 Å². The first-order valence-corrected chi connectivity index (χ1v) is 11.8. The second kappa shape index (κ2) is 11.6. The van der Waals surface area contributed by atoms with Gasteiger partial charge in [0.15, 0.2) is 11.4 Å². The normalized spacial score (nSPS) is 15.7. The summed E-state index contributed by atoms with van der Waals surface area (Å²) >= 11 is 1.36. The third-order valence-electron chi connectivity index (χ3n) is 5.14. The first-order chi connectivity index (χ1) is 16.6. The van der Waals surface area contributed by atoms with Crippen LogP contribution in [0.1, 0.15) is 35.2 Å². The summed E-state index contributed by atoms with van der Waals surface area (Å²) in [6.07, 6.45) is 5.41. The fraction of sp³-hybridized carbons (Fsp3) is 0.240. The highest BCUT2D eigenvalue weighted by Crippen LogP contribution is 2.26. The van der Waals surface area contributed by atoms with Crippen LogP contribution < -0.4 is 15.5 Å². The van der Waals surface area contributed by atoms with Crippen molar-refractivity contribution in [3.63, 3.8) is 0 Å². The van der Waals surface area contributed by atoms with Crippen LogP contribution in [0.5, 0.6) is 5.75 Å². The van der Waals surface area contributed by atoms with E-state index in [0.29, 0.717) is 17.3 Å². The molecule has 3 aromatic rings. The Morgan fingerprint density at radius 3 is 2.62 bits per heavy atom. The first-order valence-electron chi connectivity index (χ1n) is 10.9. The first kappa shape index (κ1) is 23.6. The van der Waals surface area contributed by atoms with Gasteiger partial charge in [0.05, 0.1) is 12.8 Å². The molecule has 1 saturated heterocycles. The molecule has 2 aromatic carbocycles.